The summed E-state index contributed by atoms with van der Waals surface area (Å²) in [6.07, 6.45) is 2.32. The molecule has 1 N–H and O–H groups in total. The zero-order chi connectivity index (χ0) is 17.3. The van der Waals surface area contributed by atoms with Crippen molar-refractivity contribution in [2.45, 2.75) is 19.9 Å². The molecule has 3 aromatic heterocycles. The first-order valence-electron chi connectivity index (χ1n) is 7.57. The van der Waals surface area contributed by atoms with E-state index in [-0.39, 0.29) is 16.6 Å². The van der Waals surface area contributed by atoms with Crippen LogP contribution in [0.2, 0.25) is 0 Å². The fraction of sp³-hybridized carbons (Fsp3) is 0.294. The van der Waals surface area contributed by atoms with Gasteiger partial charge < -0.3 is 9.30 Å². The molecule has 3 rings (SSSR count). The summed E-state index contributed by atoms with van der Waals surface area (Å²) in [4.78, 5) is 17.4. The number of hydrogen-bond donors (Lipinski definition) is 1. The zero-order valence-electron chi connectivity index (χ0n) is 13.5. The van der Waals surface area contributed by atoms with Crippen LogP contribution in [0.3, 0.4) is 0 Å². The van der Waals surface area contributed by atoms with Crippen LogP contribution < -0.4 is 11.0 Å². The third-order valence-corrected chi connectivity index (χ3v) is 3.98. The molecule has 0 aliphatic carbocycles. The Labute approximate surface area is 137 Å². The molecule has 0 radical (unpaired) electrons. The number of aromatic nitrogens is 3. The van der Waals surface area contributed by atoms with Crippen LogP contribution >= 0.6 is 0 Å². The van der Waals surface area contributed by atoms with Gasteiger partial charge in [-0.05, 0) is 31.0 Å². The average Bonchev–Trinajstić information content (AvgIpc) is 2.58. The number of ether oxygens (including phenoxy) is 1. The van der Waals surface area contributed by atoms with E-state index in [1.165, 1.54) is 10.5 Å². The van der Waals surface area contributed by atoms with Crippen LogP contribution in [0.5, 0.6) is 0 Å². The second-order valence-electron chi connectivity index (χ2n) is 5.56. The first-order valence-corrected chi connectivity index (χ1v) is 7.57. The monoisotopic (exact) mass is 323 g/mol. The predicted octanol–water partition coefficient (Wildman–Crippen LogP) is 1.35. The van der Waals surface area contributed by atoms with Crippen molar-refractivity contribution in [3.8, 4) is 6.07 Å². The molecule has 0 aliphatic heterocycles. The van der Waals surface area contributed by atoms with Gasteiger partial charge in [-0.1, -0.05) is 6.07 Å². The topological polar surface area (TPSA) is 96.2 Å². The number of aryl methyl sites for hydroxylation is 2. The minimum absolute atomic E-state index is 0.0611. The lowest BCUT2D eigenvalue weighted by Gasteiger charge is -2.13. The highest BCUT2D eigenvalue weighted by Crippen LogP contribution is 2.12. The highest BCUT2D eigenvalue weighted by atomic mass is 16.5. The van der Waals surface area contributed by atoms with Gasteiger partial charge in [-0.25, -0.2) is 4.98 Å². The van der Waals surface area contributed by atoms with Gasteiger partial charge in [0.2, 0.25) is 0 Å². The molecule has 122 valence electrons. The van der Waals surface area contributed by atoms with Crippen LogP contribution in [0.25, 0.3) is 16.7 Å². The molecule has 0 atom stereocenters. The summed E-state index contributed by atoms with van der Waals surface area (Å²) < 4.78 is 8.15. The Morgan fingerprint density at radius 3 is 2.92 bits per heavy atom. The third kappa shape index (κ3) is 2.47. The number of nitriles is 1. The van der Waals surface area contributed by atoms with Crippen molar-refractivity contribution in [1.82, 2.24) is 14.0 Å². The lowest BCUT2D eigenvalue weighted by Crippen LogP contribution is -2.28. The van der Waals surface area contributed by atoms with E-state index in [0.717, 1.165) is 5.56 Å². The van der Waals surface area contributed by atoms with E-state index in [1.54, 1.807) is 23.9 Å². The fourth-order valence-corrected chi connectivity index (χ4v) is 2.77. The fourth-order valence-electron chi connectivity index (χ4n) is 2.77. The lowest BCUT2D eigenvalue weighted by molar-refractivity contribution is 0.190. The Kier molecular flexibility index (Phi) is 4.15. The van der Waals surface area contributed by atoms with E-state index in [9.17, 15) is 10.1 Å². The van der Waals surface area contributed by atoms with Gasteiger partial charge in [0.25, 0.3) is 5.56 Å². The first kappa shape index (κ1) is 15.9. The van der Waals surface area contributed by atoms with Gasteiger partial charge in [0.1, 0.15) is 22.9 Å². The second kappa shape index (κ2) is 6.26. The molecule has 0 saturated heterocycles. The lowest BCUT2D eigenvalue weighted by atomic mass is 10.2. The van der Waals surface area contributed by atoms with Gasteiger partial charge in [-0.2, -0.15) is 5.26 Å². The Balaban J connectivity index is 2.43. The number of methoxy groups -OCH3 is 1. The van der Waals surface area contributed by atoms with E-state index >= 15 is 0 Å². The van der Waals surface area contributed by atoms with Crippen molar-refractivity contribution in [3.05, 3.63) is 51.4 Å². The van der Waals surface area contributed by atoms with Crippen LogP contribution in [0.4, 0.5) is 0 Å². The Morgan fingerprint density at radius 1 is 1.42 bits per heavy atom. The molecule has 0 unspecified atom stereocenters. The van der Waals surface area contributed by atoms with E-state index in [2.05, 4.69) is 4.98 Å². The normalized spacial score (nSPS) is 11.0. The standard InChI is InChI=1S/C17H17N5O2/c1-11-5-3-6-22-15(11)20-16-13(17(22)23)9-12(10-18)14(19)21(16)7-4-8-24-2/h3,5-6,9,19H,4,7-8H2,1-2H3. The molecule has 24 heavy (non-hydrogen) atoms. The summed E-state index contributed by atoms with van der Waals surface area (Å²) in [5.74, 6) is 0. The zero-order valence-corrected chi connectivity index (χ0v) is 13.5. The number of nitrogens with zero attached hydrogens (tertiary/aromatic N) is 4. The van der Waals surface area contributed by atoms with Gasteiger partial charge in [0.15, 0.2) is 0 Å². The molecule has 7 heteroatoms. The summed E-state index contributed by atoms with van der Waals surface area (Å²) in [5, 5.41) is 17.9. The van der Waals surface area contributed by atoms with E-state index in [4.69, 9.17) is 10.1 Å². The summed E-state index contributed by atoms with van der Waals surface area (Å²) in [7, 11) is 1.61. The molecule has 0 bridgehead atoms. The van der Waals surface area contributed by atoms with Crippen molar-refractivity contribution < 1.29 is 4.74 Å². The third-order valence-electron chi connectivity index (χ3n) is 3.98. The van der Waals surface area contributed by atoms with Crippen molar-refractivity contribution >= 4 is 16.7 Å². The average molecular weight is 323 g/mol. The van der Waals surface area contributed by atoms with Crippen molar-refractivity contribution in [1.29, 1.82) is 10.7 Å². The van der Waals surface area contributed by atoms with E-state index in [0.29, 0.717) is 36.3 Å². The highest BCUT2D eigenvalue weighted by molar-refractivity contribution is 5.78. The number of pyridine rings is 2. The molecular weight excluding hydrogens is 306 g/mol. The van der Waals surface area contributed by atoms with Crippen molar-refractivity contribution in [2.75, 3.05) is 13.7 Å². The van der Waals surface area contributed by atoms with Gasteiger partial charge in [-0.3, -0.25) is 14.6 Å². The summed E-state index contributed by atoms with van der Waals surface area (Å²) in [6, 6.07) is 7.11. The number of rotatable bonds is 4. The van der Waals surface area contributed by atoms with Gasteiger partial charge in [0, 0.05) is 26.5 Å². The summed E-state index contributed by atoms with van der Waals surface area (Å²) in [6.45, 7) is 2.86. The quantitative estimate of drug-likeness (QED) is 0.579. The second-order valence-corrected chi connectivity index (χ2v) is 5.56. The van der Waals surface area contributed by atoms with Crippen LogP contribution in [-0.2, 0) is 11.3 Å². The first-order chi connectivity index (χ1) is 11.6. The minimum Gasteiger partial charge on any atom is -0.385 e. The maximum Gasteiger partial charge on any atom is 0.267 e. The minimum atomic E-state index is -0.240. The van der Waals surface area contributed by atoms with Gasteiger partial charge >= 0.3 is 0 Å². The van der Waals surface area contributed by atoms with Crippen molar-refractivity contribution in [2.24, 2.45) is 0 Å². The Hall–Kier alpha value is -2.98. The van der Waals surface area contributed by atoms with Gasteiger partial charge in [0.05, 0.1) is 10.9 Å². The molecule has 0 aliphatic rings. The van der Waals surface area contributed by atoms with Crippen LogP contribution in [0, 0.1) is 23.7 Å². The Bertz CT molecular complexity index is 1090. The molecule has 0 spiro atoms. The number of hydrogen-bond acceptors (Lipinski definition) is 5. The Morgan fingerprint density at radius 2 is 2.21 bits per heavy atom. The molecule has 0 fully saturated rings. The highest BCUT2D eigenvalue weighted by Gasteiger charge is 2.13. The summed E-state index contributed by atoms with van der Waals surface area (Å²) in [5.41, 5.74) is 1.83. The molecule has 0 saturated carbocycles. The maximum absolute atomic E-state index is 12.8. The molecule has 3 aromatic rings. The van der Waals surface area contributed by atoms with Gasteiger partial charge in [-0.15, -0.1) is 0 Å². The largest absolute Gasteiger partial charge is 0.385 e. The molecule has 0 amide bonds. The molecule has 7 nitrogen and oxygen atoms in total. The molecule has 3 heterocycles. The van der Waals surface area contributed by atoms with Crippen molar-refractivity contribution in [3.63, 3.8) is 0 Å². The van der Waals surface area contributed by atoms with Crippen LogP contribution in [0.1, 0.15) is 17.5 Å². The van der Waals surface area contributed by atoms with E-state index in [1.807, 2.05) is 19.1 Å². The SMILES string of the molecule is COCCCn1c(=N)c(C#N)cc2c(=O)n3cccc(C)c3nc21. The molecular formula is C17H17N5O2. The maximum atomic E-state index is 12.8. The number of nitrogens with one attached hydrogen (secondary N) is 1. The molecule has 0 aromatic carbocycles. The van der Waals surface area contributed by atoms with Crippen LogP contribution in [0.15, 0.2) is 29.2 Å². The summed E-state index contributed by atoms with van der Waals surface area (Å²) >= 11 is 0. The predicted molar refractivity (Wildman–Crippen MR) is 88.8 cm³/mol. The number of fused-ring (bicyclic) bond motifs is 2. The smallest absolute Gasteiger partial charge is 0.267 e. The van der Waals surface area contributed by atoms with Crippen LogP contribution in [-0.4, -0.2) is 27.7 Å². The van der Waals surface area contributed by atoms with E-state index < -0.39 is 0 Å².